The fourth-order valence-corrected chi connectivity index (χ4v) is 3.10. The number of rotatable bonds is 5. The molecule has 0 spiro atoms. The summed E-state index contributed by atoms with van der Waals surface area (Å²) < 4.78 is 5.63. The molecule has 3 unspecified atom stereocenters. The van der Waals surface area contributed by atoms with Crippen LogP contribution in [0.15, 0.2) is 0 Å². The Morgan fingerprint density at radius 1 is 1.37 bits per heavy atom. The van der Waals surface area contributed by atoms with Gasteiger partial charge in [0.1, 0.15) is 6.10 Å². The van der Waals surface area contributed by atoms with E-state index in [2.05, 4.69) is 19.2 Å². The third-order valence-electron chi connectivity index (χ3n) is 4.29. The van der Waals surface area contributed by atoms with Gasteiger partial charge in [0.05, 0.1) is 0 Å². The standard InChI is InChI=1S/C15H28N2O2/c1-3-9-17(11-13-6-4-5-8-16-13)15(18)14-12(2)7-10-19-14/h12-14,16H,3-11H2,1-2H3. The van der Waals surface area contributed by atoms with Crippen molar-refractivity contribution in [2.45, 2.75) is 58.1 Å². The Morgan fingerprint density at radius 2 is 2.21 bits per heavy atom. The van der Waals surface area contributed by atoms with Gasteiger partial charge in [-0.3, -0.25) is 4.79 Å². The lowest BCUT2D eigenvalue weighted by Gasteiger charge is -2.32. The Kier molecular flexibility index (Phi) is 5.64. The molecule has 1 amide bonds. The van der Waals surface area contributed by atoms with Crippen molar-refractivity contribution in [1.82, 2.24) is 10.2 Å². The van der Waals surface area contributed by atoms with E-state index in [-0.39, 0.29) is 12.0 Å². The van der Waals surface area contributed by atoms with Gasteiger partial charge < -0.3 is 15.0 Å². The number of nitrogens with one attached hydrogen (secondary N) is 1. The van der Waals surface area contributed by atoms with Crippen molar-refractivity contribution >= 4 is 5.91 Å². The number of hydrogen-bond donors (Lipinski definition) is 1. The first-order valence-electron chi connectivity index (χ1n) is 7.86. The maximum Gasteiger partial charge on any atom is 0.252 e. The van der Waals surface area contributed by atoms with Gasteiger partial charge in [0.15, 0.2) is 0 Å². The minimum absolute atomic E-state index is 0.199. The molecule has 1 N–H and O–H groups in total. The second kappa shape index (κ2) is 7.25. The van der Waals surface area contributed by atoms with Crippen molar-refractivity contribution in [3.8, 4) is 0 Å². The molecule has 0 saturated carbocycles. The van der Waals surface area contributed by atoms with Crippen molar-refractivity contribution in [3.63, 3.8) is 0 Å². The van der Waals surface area contributed by atoms with E-state index < -0.39 is 0 Å². The van der Waals surface area contributed by atoms with Crippen LogP contribution in [0.3, 0.4) is 0 Å². The molecule has 110 valence electrons. The average molecular weight is 268 g/mol. The molecule has 2 saturated heterocycles. The lowest BCUT2D eigenvalue weighted by atomic mass is 10.0. The quantitative estimate of drug-likeness (QED) is 0.826. The van der Waals surface area contributed by atoms with Crippen LogP contribution in [-0.4, -0.2) is 49.2 Å². The number of piperidine rings is 1. The minimum Gasteiger partial charge on any atom is -0.368 e. The maximum atomic E-state index is 12.6. The zero-order valence-corrected chi connectivity index (χ0v) is 12.4. The molecule has 2 heterocycles. The van der Waals surface area contributed by atoms with Crippen LogP contribution in [-0.2, 0) is 9.53 Å². The highest BCUT2D eigenvalue weighted by molar-refractivity contribution is 5.81. The predicted octanol–water partition coefficient (Wildman–Crippen LogP) is 1.79. The van der Waals surface area contributed by atoms with Crippen LogP contribution in [0.2, 0.25) is 0 Å². The smallest absolute Gasteiger partial charge is 0.252 e. The summed E-state index contributed by atoms with van der Waals surface area (Å²) in [5.74, 6) is 0.574. The molecule has 0 aliphatic carbocycles. The fourth-order valence-electron chi connectivity index (χ4n) is 3.10. The average Bonchev–Trinajstić information content (AvgIpc) is 2.85. The Hall–Kier alpha value is -0.610. The molecule has 0 aromatic rings. The first-order chi connectivity index (χ1) is 9.22. The van der Waals surface area contributed by atoms with Gasteiger partial charge in [0.25, 0.3) is 5.91 Å². The molecule has 0 radical (unpaired) electrons. The van der Waals surface area contributed by atoms with E-state index in [1.54, 1.807) is 0 Å². The second-order valence-electron chi connectivity index (χ2n) is 5.99. The molecule has 0 bridgehead atoms. The van der Waals surface area contributed by atoms with Gasteiger partial charge in [-0.15, -0.1) is 0 Å². The molecule has 4 heteroatoms. The Labute approximate surface area is 116 Å². The molecule has 3 atom stereocenters. The highest BCUT2D eigenvalue weighted by Gasteiger charge is 2.34. The highest BCUT2D eigenvalue weighted by atomic mass is 16.5. The van der Waals surface area contributed by atoms with Crippen LogP contribution >= 0.6 is 0 Å². The number of carbonyl (C=O) groups is 1. The molecule has 2 fully saturated rings. The Balaban J connectivity index is 1.91. The summed E-state index contributed by atoms with van der Waals surface area (Å²) >= 11 is 0. The molecule has 4 nitrogen and oxygen atoms in total. The van der Waals surface area contributed by atoms with Crippen LogP contribution < -0.4 is 5.32 Å². The third kappa shape index (κ3) is 3.93. The monoisotopic (exact) mass is 268 g/mol. The van der Waals surface area contributed by atoms with Crippen molar-refractivity contribution in [3.05, 3.63) is 0 Å². The third-order valence-corrected chi connectivity index (χ3v) is 4.29. The van der Waals surface area contributed by atoms with Crippen LogP contribution in [0.25, 0.3) is 0 Å². The van der Waals surface area contributed by atoms with E-state index >= 15 is 0 Å². The van der Waals surface area contributed by atoms with Crippen molar-refractivity contribution in [2.24, 2.45) is 5.92 Å². The molecule has 19 heavy (non-hydrogen) atoms. The van der Waals surface area contributed by atoms with E-state index in [4.69, 9.17) is 4.74 Å². The van der Waals surface area contributed by atoms with Crippen molar-refractivity contribution in [1.29, 1.82) is 0 Å². The normalized spacial score (nSPS) is 31.4. The van der Waals surface area contributed by atoms with E-state index in [1.807, 2.05) is 4.90 Å². The fraction of sp³-hybridized carbons (Fsp3) is 0.933. The van der Waals surface area contributed by atoms with Crippen LogP contribution in [0.1, 0.15) is 46.0 Å². The summed E-state index contributed by atoms with van der Waals surface area (Å²) in [4.78, 5) is 14.6. The largest absolute Gasteiger partial charge is 0.368 e. The zero-order valence-electron chi connectivity index (χ0n) is 12.4. The van der Waals surface area contributed by atoms with E-state index in [0.29, 0.717) is 12.0 Å². The van der Waals surface area contributed by atoms with E-state index in [0.717, 1.165) is 39.1 Å². The number of carbonyl (C=O) groups excluding carboxylic acids is 1. The van der Waals surface area contributed by atoms with Crippen molar-refractivity contribution in [2.75, 3.05) is 26.2 Å². The summed E-state index contributed by atoms with van der Waals surface area (Å²) in [6.45, 7) is 7.78. The summed E-state index contributed by atoms with van der Waals surface area (Å²) in [6.07, 6.45) is 5.56. The zero-order chi connectivity index (χ0) is 13.7. The lowest BCUT2D eigenvalue weighted by molar-refractivity contribution is -0.143. The second-order valence-corrected chi connectivity index (χ2v) is 5.99. The molecule has 0 aromatic heterocycles. The van der Waals surface area contributed by atoms with E-state index in [9.17, 15) is 4.79 Å². The molecule has 0 aromatic carbocycles. The number of hydrogen-bond acceptors (Lipinski definition) is 3. The molecule has 2 aliphatic heterocycles. The predicted molar refractivity (Wildman–Crippen MR) is 76.0 cm³/mol. The minimum atomic E-state index is -0.199. The van der Waals surface area contributed by atoms with E-state index in [1.165, 1.54) is 19.3 Å². The first kappa shape index (κ1) is 14.8. The van der Waals surface area contributed by atoms with Gasteiger partial charge >= 0.3 is 0 Å². The van der Waals surface area contributed by atoms with Crippen molar-refractivity contribution < 1.29 is 9.53 Å². The SMILES string of the molecule is CCCN(CC1CCCCN1)C(=O)C1OCCC1C. The topological polar surface area (TPSA) is 41.6 Å². The van der Waals surface area contributed by atoms with Crippen LogP contribution in [0, 0.1) is 5.92 Å². The number of ether oxygens (including phenoxy) is 1. The van der Waals surface area contributed by atoms with Gasteiger partial charge in [-0.2, -0.15) is 0 Å². The highest BCUT2D eigenvalue weighted by Crippen LogP contribution is 2.22. The molecule has 2 rings (SSSR count). The summed E-state index contributed by atoms with van der Waals surface area (Å²) in [5, 5.41) is 3.53. The molecule has 2 aliphatic rings. The van der Waals surface area contributed by atoms with Gasteiger partial charge in [0, 0.05) is 25.7 Å². The molecular formula is C15H28N2O2. The van der Waals surface area contributed by atoms with Gasteiger partial charge in [0.2, 0.25) is 0 Å². The Morgan fingerprint density at radius 3 is 2.79 bits per heavy atom. The summed E-state index contributed by atoms with van der Waals surface area (Å²) in [7, 11) is 0. The number of nitrogens with zero attached hydrogens (tertiary/aromatic N) is 1. The lowest BCUT2D eigenvalue weighted by Crippen LogP contribution is -2.49. The van der Waals surface area contributed by atoms with Crippen LogP contribution in [0.4, 0.5) is 0 Å². The first-order valence-corrected chi connectivity index (χ1v) is 7.86. The van der Waals surface area contributed by atoms with Gasteiger partial charge in [-0.25, -0.2) is 0 Å². The molecular weight excluding hydrogens is 240 g/mol. The Bertz CT molecular complexity index is 290. The van der Waals surface area contributed by atoms with Gasteiger partial charge in [-0.05, 0) is 38.1 Å². The number of amides is 1. The van der Waals surface area contributed by atoms with Gasteiger partial charge in [-0.1, -0.05) is 20.3 Å². The summed E-state index contributed by atoms with van der Waals surface area (Å²) in [6, 6.07) is 0.473. The summed E-state index contributed by atoms with van der Waals surface area (Å²) in [5.41, 5.74) is 0. The van der Waals surface area contributed by atoms with Crippen LogP contribution in [0.5, 0.6) is 0 Å². The maximum absolute atomic E-state index is 12.6.